The summed E-state index contributed by atoms with van der Waals surface area (Å²) in [5.74, 6) is -1.49. The van der Waals surface area contributed by atoms with Crippen LogP contribution in [0.15, 0.2) is 0 Å². The molecule has 0 aliphatic heterocycles. The van der Waals surface area contributed by atoms with E-state index in [1.807, 2.05) is 6.92 Å². The summed E-state index contributed by atoms with van der Waals surface area (Å²) in [6.07, 6.45) is 0. The molecule has 6 heteroatoms. The van der Waals surface area contributed by atoms with E-state index in [9.17, 15) is 14.7 Å². The van der Waals surface area contributed by atoms with Gasteiger partial charge in [0.2, 0.25) is 0 Å². The van der Waals surface area contributed by atoms with E-state index in [1.54, 1.807) is 34.6 Å². The Morgan fingerprint density at radius 3 is 2.13 bits per heavy atom. The van der Waals surface area contributed by atoms with E-state index in [-0.39, 0.29) is 18.8 Å². The molecule has 0 saturated carbocycles. The normalized spacial score (nSPS) is 11.4. The van der Waals surface area contributed by atoms with Gasteiger partial charge in [0.1, 0.15) is 12.2 Å². The summed E-state index contributed by atoms with van der Waals surface area (Å²) in [7, 11) is 0. The van der Waals surface area contributed by atoms with Gasteiger partial charge in [0.15, 0.2) is 0 Å². The molecule has 0 spiro atoms. The quantitative estimate of drug-likeness (QED) is 0.638. The fourth-order valence-electron chi connectivity index (χ4n) is 2.44. The molecule has 0 fully saturated rings. The van der Waals surface area contributed by atoms with Gasteiger partial charge in [-0.3, -0.25) is 0 Å². The lowest BCUT2D eigenvalue weighted by molar-refractivity contribution is -0.160. The fourth-order valence-corrected chi connectivity index (χ4v) is 2.44. The zero-order valence-electron chi connectivity index (χ0n) is 14.6. The Balaban J connectivity index is 2.94. The Hall–Kier alpha value is -2.08. The van der Waals surface area contributed by atoms with Crippen LogP contribution >= 0.6 is 0 Å². The third-order valence-electron chi connectivity index (χ3n) is 3.56. The molecule has 0 amide bonds. The summed E-state index contributed by atoms with van der Waals surface area (Å²) in [4.78, 5) is 23.1. The number of hydrogen-bond donors (Lipinski definition) is 2. The van der Waals surface area contributed by atoms with Gasteiger partial charge < -0.3 is 20.3 Å². The van der Waals surface area contributed by atoms with Gasteiger partial charge in [-0.05, 0) is 63.8 Å². The Morgan fingerprint density at radius 2 is 1.65 bits per heavy atom. The van der Waals surface area contributed by atoms with Gasteiger partial charge in [0.25, 0.3) is 0 Å². The molecule has 23 heavy (non-hydrogen) atoms. The smallest absolute Gasteiger partial charge is 0.336 e. The van der Waals surface area contributed by atoms with Crippen LogP contribution in [0.4, 0.5) is 5.69 Å². The Morgan fingerprint density at radius 1 is 1.09 bits per heavy atom. The summed E-state index contributed by atoms with van der Waals surface area (Å²) >= 11 is 0. The molecule has 0 aliphatic rings. The van der Waals surface area contributed by atoms with Crippen molar-refractivity contribution in [3.05, 3.63) is 27.8 Å². The lowest BCUT2D eigenvalue weighted by atomic mass is 9.92. The molecule has 1 aromatic carbocycles. The first-order valence-electron chi connectivity index (χ1n) is 7.36. The molecule has 1 aromatic rings. The highest BCUT2D eigenvalue weighted by molar-refractivity contribution is 5.94. The minimum absolute atomic E-state index is 0.0989. The Bertz CT molecular complexity index is 629. The molecule has 0 bridgehead atoms. The van der Waals surface area contributed by atoms with Gasteiger partial charge in [-0.25, -0.2) is 9.59 Å². The Kier molecular flexibility index (Phi) is 5.77. The van der Waals surface area contributed by atoms with E-state index in [0.717, 1.165) is 5.56 Å². The molecule has 3 N–H and O–H groups in total. The summed E-state index contributed by atoms with van der Waals surface area (Å²) in [5, 5.41) is 9.36. The lowest BCUT2D eigenvalue weighted by Gasteiger charge is -2.20. The molecule has 128 valence electrons. The predicted molar refractivity (Wildman–Crippen MR) is 87.5 cm³/mol. The highest BCUT2D eigenvalue weighted by atomic mass is 16.6. The highest BCUT2D eigenvalue weighted by Gasteiger charge is 2.21. The number of nitrogens with two attached hydrogens (primary N) is 1. The van der Waals surface area contributed by atoms with Crippen LogP contribution in [-0.2, 0) is 20.9 Å². The molecule has 0 atom stereocenters. The molecule has 0 unspecified atom stereocenters. The maximum atomic E-state index is 11.6. The molecule has 0 aromatic heterocycles. The number of benzene rings is 1. The van der Waals surface area contributed by atoms with E-state index >= 15 is 0 Å². The zero-order valence-corrected chi connectivity index (χ0v) is 14.6. The zero-order chi connectivity index (χ0) is 17.9. The minimum Gasteiger partial charge on any atom is -0.478 e. The average molecular weight is 323 g/mol. The van der Waals surface area contributed by atoms with Crippen molar-refractivity contribution in [2.24, 2.45) is 0 Å². The van der Waals surface area contributed by atoms with Crippen molar-refractivity contribution in [3.63, 3.8) is 0 Å². The number of aromatic carboxylic acids is 1. The second-order valence-electron chi connectivity index (χ2n) is 6.53. The molecule has 0 heterocycles. The van der Waals surface area contributed by atoms with Crippen molar-refractivity contribution in [1.82, 2.24) is 0 Å². The maximum absolute atomic E-state index is 11.6. The van der Waals surface area contributed by atoms with Crippen molar-refractivity contribution in [2.75, 3.05) is 12.3 Å². The van der Waals surface area contributed by atoms with Crippen molar-refractivity contribution < 1.29 is 24.2 Å². The van der Waals surface area contributed by atoms with E-state index < -0.39 is 17.5 Å². The van der Waals surface area contributed by atoms with Crippen LogP contribution in [0.5, 0.6) is 0 Å². The van der Waals surface area contributed by atoms with Crippen LogP contribution in [0.1, 0.15) is 53.4 Å². The lowest BCUT2D eigenvalue weighted by Crippen LogP contribution is -2.26. The number of carbonyl (C=O) groups is 2. The van der Waals surface area contributed by atoms with Gasteiger partial charge in [0.05, 0.1) is 12.2 Å². The number of carboxylic acid groups (broad SMARTS) is 1. The summed E-state index contributed by atoms with van der Waals surface area (Å²) in [6.45, 7) is 10.4. The molecule has 0 saturated heterocycles. The number of carbonyl (C=O) groups excluding carboxylic acids is 1. The van der Waals surface area contributed by atoms with Crippen molar-refractivity contribution in [2.45, 2.75) is 53.8 Å². The van der Waals surface area contributed by atoms with Crippen molar-refractivity contribution >= 4 is 17.6 Å². The van der Waals surface area contributed by atoms with Gasteiger partial charge in [-0.1, -0.05) is 0 Å². The first-order chi connectivity index (χ1) is 10.5. The summed E-state index contributed by atoms with van der Waals surface area (Å²) < 4.78 is 10.6. The molecule has 0 aliphatic carbocycles. The predicted octanol–water partition coefficient (Wildman–Crippen LogP) is 2.75. The van der Waals surface area contributed by atoms with Gasteiger partial charge >= 0.3 is 11.9 Å². The summed E-state index contributed by atoms with van der Waals surface area (Å²) in [5.41, 5.74) is 8.65. The molecule has 6 nitrogen and oxygen atoms in total. The van der Waals surface area contributed by atoms with Crippen LogP contribution in [0.2, 0.25) is 0 Å². The second kappa shape index (κ2) is 7.00. The van der Waals surface area contributed by atoms with Gasteiger partial charge in [-0.2, -0.15) is 0 Å². The Labute approximate surface area is 136 Å². The first-order valence-corrected chi connectivity index (χ1v) is 7.36. The molecule has 0 radical (unpaired) electrons. The number of nitrogen functional groups attached to an aromatic ring is 1. The minimum atomic E-state index is -1.03. The van der Waals surface area contributed by atoms with Crippen molar-refractivity contribution in [3.8, 4) is 0 Å². The van der Waals surface area contributed by atoms with Gasteiger partial charge in [-0.15, -0.1) is 0 Å². The van der Waals surface area contributed by atoms with E-state index in [2.05, 4.69) is 0 Å². The van der Waals surface area contributed by atoms with Crippen LogP contribution in [0.3, 0.4) is 0 Å². The number of anilines is 1. The molecular formula is C17H25NO5. The fraction of sp³-hybridized carbons (Fsp3) is 0.529. The highest BCUT2D eigenvalue weighted by Crippen LogP contribution is 2.29. The second-order valence-corrected chi connectivity index (χ2v) is 6.53. The largest absolute Gasteiger partial charge is 0.478 e. The monoisotopic (exact) mass is 323 g/mol. The number of rotatable bonds is 5. The van der Waals surface area contributed by atoms with E-state index in [4.69, 9.17) is 15.2 Å². The number of esters is 1. The van der Waals surface area contributed by atoms with Crippen LogP contribution < -0.4 is 5.73 Å². The number of hydrogen-bond acceptors (Lipinski definition) is 5. The maximum Gasteiger partial charge on any atom is 0.336 e. The third kappa shape index (κ3) is 4.69. The standard InChI is InChI=1S/C17H25NO5/c1-9-12(7-22-8-13(19)23-17(4,5)6)10(2)15(18)11(3)14(9)16(20)21/h7-8,18H2,1-6H3,(H,20,21). The topological polar surface area (TPSA) is 98.9 Å². The van der Waals surface area contributed by atoms with Crippen molar-refractivity contribution in [1.29, 1.82) is 0 Å². The van der Waals surface area contributed by atoms with E-state index in [1.165, 1.54) is 0 Å². The number of carboxylic acids is 1. The van der Waals surface area contributed by atoms with Crippen LogP contribution in [0.25, 0.3) is 0 Å². The van der Waals surface area contributed by atoms with E-state index in [0.29, 0.717) is 22.4 Å². The third-order valence-corrected chi connectivity index (χ3v) is 3.56. The average Bonchev–Trinajstić information content (AvgIpc) is 2.38. The van der Waals surface area contributed by atoms with Crippen LogP contribution in [-0.4, -0.2) is 29.3 Å². The first kappa shape index (κ1) is 19.0. The number of ether oxygens (including phenoxy) is 2. The van der Waals surface area contributed by atoms with Gasteiger partial charge in [0, 0.05) is 5.69 Å². The SMILES string of the molecule is Cc1c(N)c(C)c(C(=O)O)c(C)c1COCC(=O)OC(C)(C)C. The molecular weight excluding hydrogens is 298 g/mol. The molecule has 1 rings (SSSR count). The summed E-state index contributed by atoms with van der Waals surface area (Å²) in [6, 6.07) is 0. The van der Waals surface area contributed by atoms with Crippen LogP contribution in [0, 0.1) is 20.8 Å².